The number of fused-ring (bicyclic) bond motifs is 1. The van der Waals surface area contributed by atoms with Crippen LogP contribution in [-0.4, -0.2) is 17.9 Å². The van der Waals surface area contributed by atoms with Gasteiger partial charge < -0.3 is 10.1 Å². The Hall–Kier alpha value is -2.36. The summed E-state index contributed by atoms with van der Waals surface area (Å²) in [5, 5.41) is 3.38. The summed E-state index contributed by atoms with van der Waals surface area (Å²) in [4.78, 5) is 16.1. The topological polar surface area (TPSA) is 51.2 Å². The summed E-state index contributed by atoms with van der Waals surface area (Å²) in [5.41, 5.74) is 2.61. The van der Waals surface area contributed by atoms with Gasteiger partial charge in [0.1, 0.15) is 5.75 Å². The molecule has 4 heteroatoms. The van der Waals surface area contributed by atoms with E-state index in [2.05, 4.69) is 10.3 Å². The van der Waals surface area contributed by atoms with E-state index in [1.165, 1.54) is 0 Å². The van der Waals surface area contributed by atoms with Gasteiger partial charge in [0.15, 0.2) is 5.78 Å². The molecule has 1 aromatic heterocycles. The Bertz CT molecular complexity index is 608. The summed E-state index contributed by atoms with van der Waals surface area (Å²) in [6, 6.07) is 9.62. The third-order valence-corrected chi connectivity index (χ3v) is 3.36. The summed E-state index contributed by atoms with van der Waals surface area (Å²) >= 11 is 0. The van der Waals surface area contributed by atoms with E-state index in [4.69, 9.17) is 4.74 Å². The number of ether oxygens (including phenoxy) is 1. The van der Waals surface area contributed by atoms with Gasteiger partial charge in [-0.25, -0.2) is 0 Å². The average molecular weight is 254 g/mol. The second kappa shape index (κ2) is 4.72. The van der Waals surface area contributed by atoms with Crippen molar-refractivity contribution in [3.05, 3.63) is 53.9 Å². The highest BCUT2D eigenvalue weighted by Gasteiger charge is 2.25. The molecule has 4 nitrogen and oxygen atoms in total. The van der Waals surface area contributed by atoms with Crippen LogP contribution >= 0.6 is 0 Å². The predicted molar refractivity (Wildman–Crippen MR) is 72.5 cm³/mol. The normalized spacial score (nSPS) is 17.5. The van der Waals surface area contributed by atoms with E-state index in [0.717, 1.165) is 17.0 Å². The van der Waals surface area contributed by atoms with Crippen LogP contribution in [0.25, 0.3) is 0 Å². The summed E-state index contributed by atoms with van der Waals surface area (Å²) < 4.78 is 5.14. The summed E-state index contributed by atoms with van der Waals surface area (Å²) in [6.07, 6.45) is 3.76. The quantitative estimate of drug-likeness (QED) is 0.895. The van der Waals surface area contributed by atoms with Crippen LogP contribution in [0.2, 0.25) is 0 Å². The highest BCUT2D eigenvalue weighted by molar-refractivity contribution is 6.03. The number of nitrogens with one attached hydrogen (secondary N) is 1. The molecule has 3 rings (SSSR count). The second-order valence-electron chi connectivity index (χ2n) is 4.52. The van der Waals surface area contributed by atoms with Gasteiger partial charge in [0.2, 0.25) is 0 Å². The fraction of sp³-hybridized carbons (Fsp3) is 0.200. The van der Waals surface area contributed by atoms with Gasteiger partial charge in [-0.3, -0.25) is 9.78 Å². The Balaban J connectivity index is 1.90. The van der Waals surface area contributed by atoms with Crippen molar-refractivity contribution in [2.24, 2.45) is 0 Å². The molecule has 0 bridgehead atoms. The van der Waals surface area contributed by atoms with Gasteiger partial charge in [-0.2, -0.15) is 0 Å². The zero-order chi connectivity index (χ0) is 13.2. The maximum Gasteiger partial charge on any atom is 0.168 e. The number of benzene rings is 1. The number of Topliss-reactive ketones (excluding diaryl/α,β-unsaturated/α-hetero) is 1. The molecule has 0 spiro atoms. The fourth-order valence-corrected chi connectivity index (χ4v) is 2.31. The van der Waals surface area contributed by atoms with Crippen LogP contribution in [0.3, 0.4) is 0 Å². The number of ketones is 1. The molecule has 1 aliphatic rings. The second-order valence-corrected chi connectivity index (χ2v) is 4.52. The van der Waals surface area contributed by atoms with Gasteiger partial charge in [0.25, 0.3) is 0 Å². The molecule has 0 saturated heterocycles. The van der Waals surface area contributed by atoms with E-state index < -0.39 is 0 Å². The summed E-state index contributed by atoms with van der Waals surface area (Å²) in [7, 11) is 1.64. The lowest BCUT2D eigenvalue weighted by Gasteiger charge is -2.26. The van der Waals surface area contributed by atoms with Gasteiger partial charge in [0.05, 0.1) is 18.7 Å². The Morgan fingerprint density at radius 2 is 2.05 bits per heavy atom. The highest BCUT2D eigenvalue weighted by Crippen LogP contribution is 2.32. The first-order valence-electron chi connectivity index (χ1n) is 6.15. The molecule has 19 heavy (non-hydrogen) atoms. The molecular formula is C15H14N2O2. The van der Waals surface area contributed by atoms with Gasteiger partial charge in [-0.1, -0.05) is 12.1 Å². The lowest BCUT2D eigenvalue weighted by atomic mass is 9.93. The fourth-order valence-electron chi connectivity index (χ4n) is 2.31. The molecule has 0 radical (unpaired) electrons. The van der Waals surface area contributed by atoms with Crippen molar-refractivity contribution in [1.29, 1.82) is 0 Å². The van der Waals surface area contributed by atoms with Crippen molar-refractivity contribution in [3.8, 4) is 5.75 Å². The molecule has 1 aliphatic heterocycles. The van der Waals surface area contributed by atoms with Crippen LogP contribution in [0.1, 0.15) is 28.4 Å². The maximum atomic E-state index is 12.1. The molecule has 1 aromatic carbocycles. The lowest BCUT2D eigenvalue weighted by Crippen LogP contribution is -2.22. The lowest BCUT2D eigenvalue weighted by molar-refractivity contribution is 0.0972. The number of carbonyl (C=O) groups excluding carboxylic acids is 1. The monoisotopic (exact) mass is 254 g/mol. The molecule has 1 N–H and O–H groups in total. The Morgan fingerprint density at radius 3 is 2.79 bits per heavy atom. The number of aromatic nitrogens is 1. The minimum absolute atomic E-state index is 0.00769. The minimum Gasteiger partial charge on any atom is -0.497 e. The van der Waals surface area contributed by atoms with Gasteiger partial charge >= 0.3 is 0 Å². The molecular weight excluding hydrogens is 240 g/mol. The van der Waals surface area contributed by atoms with Gasteiger partial charge in [-0.15, -0.1) is 0 Å². The first kappa shape index (κ1) is 11.7. The SMILES string of the molecule is COc1ccc(C2CC(=O)c3cnccc3N2)cc1. The largest absolute Gasteiger partial charge is 0.497 e. The van der Waals surface area contributed by atoms with E-state index in [1.807, 2.05) is 30.3 Å². The van der Waals surface area contributed by atoms with Gasteiger partial charge in [-0.05, 0) is 23.8 Å². The molecule has 0 fully saturated rings. The molecule has 1 atom stereocenters. The summed E-state index contributed by atoms with van der Waals surface area (Å²) in [5.74, 6) is 0.943. The first-order chi connectivity index (χ1) is 9.28. The number of nitrogens with zero attached hydrogens (tertiary/aromatic N) is 1. The van der Waals surface area contributed by atoms with Crippen LogP contribution in [-0.2, 0) is 0 Å². The highest BCUT2D eigenvalue weighted by atomic mass is 16.5. The third-order valence-electron chi connectivity index (χ3n) is 3.36. The molecule has 2 aromatic rings. The molecule has 0 aliphatic carbocycles. The Labute approximate surface area is 111 Å². The van der Waals surface area contributed by atoms with Crippen molar-refractivity contribution in [3.63, 3.8) is 0 Å². The van der Waals surface area contributed by atoms with Crippen molar-refractivity contribution in [1.82, 2.24) is 4.98 Å². The number of hydrogen-bond donors (Lipinski definition) is 1. The standard InChI is InChI=1S/C15H14N2O2/c1-19-11-4-2-10(3-5-11)14-8-15(18)12-9-16-7-6-13(12)17-14/h2-7,9,14,17H,8H2,1H3. The van der Waals surface area contributed by atoms with Crippen molar-refractivity contribution >= 4 is 11.5 Å². The number of methoxy groups -OCH3 is 1. The number of rotatable bonds is 2. The molecule has 0 saturated carbocycles. The number of pyridine rings is 1. The van der Waals surface area contributed by atoms with Crippen LogP contribution in [0, 0.1) is 0 Å². The molecule has 2 heterocycles. The number of hydrogen-bond acceptors (Lipinski definition) is 4. The Kier molecular flexibility index (Phi) is 2.91. The van der Waals surface area contributed by atoms with Crippen LogP contribution in [0.4, 0.5) is 5.69 Å². The van der Waals surface area contributed by atoms with Crippen molar-refractivity contribution < 1.29 is 9.53 Å². The van der Waals surface area contributed by atoms with Crippen LogP contribution < -0.4 is 10.1 Å². The van der Waals surface area contributed by atoms with E-state index in [0.29, 0.717) is 12.0 Å². The molecule has 96 valence electrons. The maximum absolute atomic E-state index is 12.1. The Morgan fingerprint density at radius 1 is 1.26 bits per heavy atom. The van der Waals surface area contributed by atoms with Crippen LogP contribution in [0.5, 0.6) is 5.75 Å². The van der Waals surface area contributed by atoms with Crippen LogP contribution in [0.15, 0.2) is 42.7 Å². The zero-order valence-electron chi connectivity index (χ0n) is 10.6. The average Bonchev–Trinajstić information content (AvgIpc) is 2.47. The predicted octanol–water partition coefficient (Wildman–Crippen LogP) is 2.83. The first-order valence-corrected chi connectivity index (χ1v) is 6.15. The smallest absolute Gasteiger partial charge is 0.168 e. The van der Waals surface area contributed by atoms with Crippen molar-refractivity contribution in [2.75, 3.05) is 12.4 Å². The van der Waals surface area contributed by atoms with Gasteiger partial charge in [0, 0.05) is 24.5 Å². The van der Waals surface area contributed by atoms with E-state index in [9.17, 15) is 4.79 Å². The number of carbonyl (C=O) groups is 1. The third kappa shape index (κ3) is 2.17. The molecule has 1 unspecified atom stereocenters. The van der Waals surface area contributed by atoms with E-state index >= 15 is 0 Å². The minimum atomic E-state index is 0.00769. The zero-order valence-corrected chi connectivity index (χ0v) is 10.6. The van der Waals surface area contributed by atoms with Crippen molar-refractivity contribution in [2.45, 2.75) is 12.5 Å². The summed E-state index contributed by atoms with van der Waals surface area (Å²) in [6.45, 7) is 0. The van der Waals surface area contributed by atoms with E-state index in [-0.39, 0.29) is 11.8 Å². The number of anilines is 1. The van der Waals surface area contributed by atoms with E-state index in [1.54, 1.807) is 19.5 Å². The molecule has 0 amide bonds.